The number of hydrogen-bond acceptors (Lipinski definition) is 4. The molecule has 0 aromatic rings. The SMILES string of the molecule is C=CCSN.CC(C)(C)S(N)(=O)=O. The molecule has 0 spiro atoms. The molecule has 4 nitrogen and oxygen atoms in total. The molecule has 80 valence electrons. The van der Waals surface area contributed by atoms with Crippen LogP contribution in [0, 0.1) is 0 Å². The van der Waals surface area contributed by atoms with E-state index in [2.05, 4.69) is 6.58 Å². The van der Waals surface area contributed by atoms with Crippen LogP contribution in [0.2, 0.25) is 0 Å². The predicted molar refractivity (Wildman–Crippen MR) is 59.7 cm³/mol. The van der Waals surface area contributed by atoms with Gasteiger partial charge in [0.15, 0.2) is 0 Å². The van der Waals surface area contributed by atoms with Crippen LogP contribution >= 0.6 is 11.9 Å². The van der Waals surface area contributed by atoms with Gasteiger partial charge in [0.05, 0.1) is 4.75 Å². The molecule has 0 heterocycles. The molecule has 0 unspecified atom stereocenters. The van der Waals surface area contributed by atoms with Crippen molar-refractivity contribution >= 4 is 22.0 Å². The Morgan fingerprint density at radius 3 is 1.77 bits per heavy atom. The maximum Gasteiger partial charge on any atom is 0.214 e. The summed E-state index contributed by atoms with van der Waals surface area (Å²) in [7, 11) is -3.34. The molecule has 0 fully saturated rings. The van der Waals surface area contributed by atoms with Crippen molar-refractivity contribution in [2.45, 2.75) is 25.5 Å². The fourth-order valence-corrected chi connectivity index (χ4v) is 0.204. The van der Waals surface area contributed by atoms with E-state index in [0.717, 1.165) is 5.75 Å². The Kier molecular flexibility index (Phi) is 7.62. The van der Waals surface area contributed by atoms with Crippen molar-refractivity contribution in [3.8, 4) is 0 Å². The lowest BCUT2D eigenvalue weighted by Gasteiger charge is -2.13. The van der Waals surface area contributed by atoms with Crippen molar-refractivity contribution in [1.29, 1.82) is 0 Å². The Labute approximate surface area is 84.9 Å². The molecule has 0 atom stereocenters. The van der Waals surface area contributed by atoms with Crippen LogP contribution in [0.5, 0.6) is 0 Å². The van der Waals surface area contributed by atoms with Crippen LogP contribution in [-0.2, 0) is 10.0 Å². The van der Waals surface area contributed by atoms with Crippen molar-refractivity contribution in [3.63, 3.8) is 0 Å². The number of nitrogens with two attached hydrogens (primary N) is 2. The maximum absolute atomic E-state index is 10.4. The molecule has 0 aliphatic heterocycles. The molecule has 13 heavy (non-hydrogen) atoms. The third-order valence-corrected chi connectivity index (χ3v) is 3.20. The van der Waals surface area contributed by atoms with Gasteiger partial charge in [-0.25, -0.2) is 13.6 Å². The minimum absolute atomic E-state index is 0.812. The maximum atomic E-state index is 10.4. The van der Waals surface area contributed by atoms with E-state index in [0.29, 0.717) is 0 Å². The molecule has 0 aliphatic carbocycles. The fourth-order valence-electron chi connectivity index (χ4n) is 0.0680. The van der Waals surface area contributed by atoms with E-state index in [1.807, 2.05) is 0 Å². The first-order valence-corrected chi connectivity index (χ1v) is 6.21. The average Bonchev–Trinajstić information content (AvgIpc) is 1.85. The molecule has 0 bridgehead atoms. The van der Waals surface area contributed by atoms with Crippen LogP contribution in [0.1, 0.15) is 20.8 Å². The van der Waals surface area contributed by atoms with Gasteiger partial charge in [0.25, 0.3) is 0 Å². The topological polar surface area (TPSA) is 86.2 Å². The second-order valence-corrected chi connectivity index (χ2v) is 6.26. The van der Waals surface area contributed by atoms with E-state index >= 15 is 0 Å². The van der Waals surface area contributed by atoms with E-state index < -0.39 is 14.8 Å². The van der Waals surface area contributed by atoms with Gasteiger partial charge in [-0.15, -0.1) is 6.58 Å². The molecular formula is C7H18N2O2S2. The Morgan fingerprint density at radius 1 is 1.46 bits per heavy atom. The Balaban J connectivity index is 0. The summed E-state index contributed by atoms with van der Waals surface area (Å²) in [6, 6.07) is 0. The summed E-state index contributed by atoms with van der Waals surface area (Å²) in [6.07, 6.45) is 1.77. The number of hydrogen-bond donors (Lipinski definition) is 2. The zero-order valence-electron chi connectivity index (χ0n) is 8.28. The van der Waals surface area contributed by atoms with Gasteiger partial charge in [-0.05, 0) is 20.8 Å². The van der Waals surface area contributed by atoms with Crippen LogP contribution in [0.3, 0.4) is 0 Å². The van der Waals surface area contributed by atoms with E-state index in [9.17, 15) is 8.42 Å². The van der Waals surface area contributed by atoms with Crippen LogP contribution in [0.15, 0.2) is 12.7 Å². The van der Waals surface area contributed by atoms with Crippen molar-refractivity contribution < 1.29 is 8.42 Å². The molecule has 6 heteroatoms. The minimum atomic E-state index is -3.34. The summed E-state index contributed by atoms with van der Waals surface area (Å²) in [5.74, 6) is 0.847. The average molecular weight is 226 g/mol. The first-order chi connectivity index (χ1) is 5.66. The quantitative estimate of drug-likeness (QED) is 0.540. The summed E-state index contributed by atoms with van der Waals surface area (Å²) in [5, 5.41) is 9.77. The summed E-state index contributed by atoms with van der Waals surface area (Å²) in [6.45, 7) is 8.12. The molecule has 0 amide bonds. The molecule has 0 aliphatic rings. The second-order valence-electron chi connectivity index (χ2n) is 3.28. The lowest BCUT2D eigenvalue weighted by molar-refractivity contribution is 0.562. The lowest BCUT2D eigenvalue weighted by Crippen LogP contribution is -2.34. The first-order valence-electron chi connectivity index (χ1n) is 3.61. The normalized spacial score (nSPS) is 11.5. The van der Waals surface area contributed by atoms with E-state index in [1.165, 1.54) is 11.9 Å². The zero-order valence-corrected chi connectivity index (χ0v) is 9.91. The Bertz CT molecular complexity index is 229. The summed E-state index contributed by atoms with van der Waals surface area (Å²) >= 11 is 1.28. The van der Waals surface area contributed by atoms with Crippen molar-refractivity contribution in [3.05, 3.63) is 12.7 Å². The van der Waals surface area contributed by atoms with Gasteiger partial charge < -0.3 is 0 Å². The van der Waals surface area contributed by atoms with Gasteiger partial charge in [-0.2, -0.15) is 0 Å². The highest BCUT2D eigenvalue weighted by Crippen LogP contribution is 2.09. The molecule has 0 radical (unpaired) electrons. The highest BCUT2D eigenvalue weighted by Gasteiger charge is 2.23. The van der Waals surface area contributed by atoms with Gasteiger partial charge in [-0.3, -0.25) is 5.14 Å². The molecule has 0 aromatic heterocycles. The summed E-state index contributed by atoms with van der Waals surface area (Å²) < 4.78 is 20.0. The van der Waals surface area contributed by atoms with E-state index in [-0.39, 0.29) is 0 Å². The van der Waals surface area contributed by atoms with Crippen molar-refractivity contribution in [1.82, 2.24) is 0 Å². The standard InChI is InChI=1S/C4H11NO2S.C3H7NS/c1-4(2,3)8(5,6)7;1-2-3-5-4/h1-3H3,(H2,5,6,7);2H,1,3-4H2. The van der Waals surface area contributed by atoms with Crippen molar-refractivity contribution in [2.75, 3.05) is 5.75 Å². The highest BCUT2D eigenvalue weighted by molar-refractivity contribution is 7.97. The molecule has 0 rings (SSSR count). The monoisotopic (exact) mass is 226 g/mol. The largest absolute Gasteiger partial charge is 0.278 e. The molecule has 0 aromatic carbocycles. The van der Waals surface area contributed by atoms with E-state index in [4.69, 9.17) is 10.3 Å². The molecule has 0 saturated carbocycles. The number of rotatable bonds is 2. The van der Waals surface area contributed by atoms with Crippen molar-refractivity contribution in [2.24, 2.45) is 10.3 Å². The van der Waals surface area contributed by atoms with Gasteiger partial charge in [0, 0.05) is 5.75 Å². The smallest absolute Gasteiger partial charge is 0.214 e. The predicted octanol–water partition coefficient (Wildman–Crippen LogP) is 0.853. The zero-order chi connectivity index (χ0) is 11.1. The van der Waals surface area contributed by atoms with Gasteiger partial charge in [0.2, 0.25) is 10.0 Å². The van der Waals surface area contributed by atoms with Crippen LogP contribution in [-0.4, -0.2) is 18.9 Å². The van der Waals surface area contributed by atoms with Gasteiger partial charge in [0.1, 0.15) is 0 Å². The highest BCUT2D eigenvalue weighted by atomic mass is 32.2. The number of sulfonamides is 1. The third kappa shape index (κ3) is 9.88. The molecule has 4 N–H and O–H groups in total. The Morgan fingerprint density at radius 2 is 1.77 bits per heavy atom. The van der Waals surface area contributed by atoms with Gasteiger partial charge in [-0.1, -0.05) is 18.0 Å². The van der Waals surface area contributed by atoms with Crippen LogP contribution in [0.25, 0.3) is 0 Å². The second kappa shape index (κ2) is 6.42. The first kappa shape index (κ1) is 15.4. The molecular weight excluding hydrogens is 208 g/mol. The van der Waals surface area contributed by atoms with Crippen LogP contribution < -0.4 is 10.3 Å². The third-order valence-electron chi connectivity index (χ3n) is 1.07. The van der Waals surface area contributed by atoms with E-state index in [1.54, 1.807) is 26.8 Å². The summed E-state index contributed by atoms with van der Waals surface area (Å²) in [4.78, 5) is 0. The minimum Gasteiger partial charge on any atom is -0.278 e. The van der Waals surface area contributed by atoms with Gasteiger partial charge >= 0.3 is 0 Å². The lowest BCUT2D eigenvalue weighted by atomic mass is 10.3. The fraction of sp³-hybridized carbons (Fsp3) is 0.714. The molecule has 0 saturated heterocycles. The number of primary sulfonamides is 1. The Hall–Kier alpha value is -0.0400. The van der Waals surface area contributed by atoms with Crippen LogP contribution in [0.4, 0.5) is 0 Å². The summed E-state index contributed by atoms with van der Waals surface area (Å²) in [5.41, 5.74) is 0.